The van der Waals surface area contributed by atoms with Crippen molar-refractivity contribution in [3.63, 3.8) is 0 Å². The highest BCUT2D eigenvalue weighted by molar-refractivity contribution is 6.02. The molecular weight excluding hydrogens is 382 g/mol. The smallest absolute Gasteiger partial charge is 0.309 e. The number of hydrogen-bond acceptors (Lipinski definition) is 7. The molecule has 3 heterocycles. The Morgan fingerprint density at radius 2 is 2.17 bits per heavy atom. The molecular formula is C17H19N7O5. The van der Waals surface area contributed by atoms with Gasteiger partial charge in [-0.15, -0.1) is 0 Å². The van der Waals surface area contributed by atoms with Crippen molar-refractivity contribution in [1.82, 2.24) is 24.9 Å². The van der Waals surface area contributed by atoms with Gasteiger partial charge in [0.15, 0.2) is 5.69 Å². The number of hydrogen-bond donors (Lipinski definition) is 2. The molecule has 3 aromatic heterocycles. The molecule has 29 heavy (non-hydrogen) atoms. The van der Waals surface area contributed by atoms with Crippen molar-refractivity contribution < 1.29 is 18.9 Å². The van der Waals surface area contributed by atoms with Crippen LogP contribution in [0.15, 0.2) is 35.2 Å². The summed E-state index contributed by atoms with van der Waals surface area (Å²) in [6.07, 6.45) is 4.13. The number of nitro groups is 1. The number of nitrogens with one attached hydrogen (secondary N) is 2. The molecule has 0 saturated heterocycles. The number of aryl methyl sites for hydroxylation is 1. The molecule has 12 nitrogen and oxygen atoms in total. The van der Waals surface area contributed by atoms with Crippen LogP contribution in [0, 0.1) is 17.0 Å². The second-order valence-electron chi connectivity index (χ2n) is 6.09. The predicted octanol–water partition coefficient (Wildman–Crippen LogP) is 1.48. The molecule has 0 aliphatic heterocycles. The first-order valence-corrected chi connectivity index (χ1v) is 8.73. The maximum Gasteiger partial charge on any atom is 0.309 e. The van der Waals surface area contributed by atoms with E-state index < -0.39 is 16.7 Å². The van der Waals surface area contributed by atoms with Crippen LogP contribution in [0.1, 0.15) is 28.9 Å². The van der Waals surface area contributed by atoms with E-state index in [1.807, 2.05) is 6.92 Å². The fourth-order valence-electron chi connectivity index (χ4n) is 2.61. The topological polar surface area (TPSA) is 150 Å². The minimum absolute atomic E-state index is 0.0509. The Hall–Kier alpha value is -3.96. The summed E-state index contributed by atoms with van der Waals surface area (Å²) in [6, 6.07) is 3.43. The second-order valence-corrected chi connectivity index (χ2v) is 6.09. The minimum Gasteiger partial charge on any atom is -0.467 e. The number of amides is 2. The lowest BCUT2D eigenvalue weighted by Gasteiger charge is -2.07. The Kier molecular flexibility index (Phi) is 5.71. The Balaban J connectivity index is 1.71. The fraction of sp³-hybridized carbons (Fsp3) is 0.294. The standard InChI is InChI=1S/C17H19N7O5/c1-3-22-9-13(16(21-22)17(26)18-7-12-5-4-6-29-12)20-15(25)10-23-11(2)14(8-19-23)24(27)28/h4-6,8-9H,3,7,10H2,1-2H3,(H,18,26)(H,20,25). The lowest BCUT2D eigenvalue weighted by atomic mass is 10.3. The summed E-state index contributed by atoms with van der Waals surface area (Å²) in [5.41, 5.74) is 0.364. The molecule has 0 saturated carbocycles. The molecule has 3 rings (SSSR count). The number of carbonyl (C=O) groups is 2. The highest BCUT2D eigenvalue weighted by atomic mass is 16.6. The summed E-state index contributed by atoms with van der Waals surface area (Å²) in [7, 11) is 0. The van der Waals surface area contributed by atoms with Crippen LogP contribution in [0.4, 0.5) is 11.4 Å². The van der Waals surface area contributed by atoms with Crippen molar-refractivity contribution in [1.29, 1.82) is 0 Å². The zero-order chi connectivity index (χ0) is 21.0. The molecule has 0 bridgehead atoms. The molecule has 0 aromatic carbocycles. The first-order chi connectivity index (χ1) is 13.9. The Morgan fingerprint density at radius 3 is 2.79 bits per heavy atom. The van der Waals surface area contributed by atoms with Crippen molar-refractivity contribution in [2.45, 2.75) is 33.5 Å². The monoisotopic (exact) mass is 401 g/mol. The zero-order valence-electron chi connectivity index (χ0n) is 15.8. The third-order valence-electron chi connectivity index (χ3n) is 4.15. The maximum atomic E-state index is 12.5. The molecule has 152 valence electrons. The number of nitrogens with zero attached hydrogens (tertiary/aromatic N) is 5. The lowest BCUT2D eigenvalue weighted by molar-refractivity contribution is -0.385. The summed E-state index contributed by atoms with van der Waals surface area (Å²) in [5, 5.41) is 24.2. The van der Waals surface area contributed by atoms with E-state index in [2.05, 4.69) is 20.8 Å². The van der Waals surface area contributed by atoms with Crippen molar-refractivity contribution >= 4 is 23.2 Å². The normalized spacial score (nSPS) is 10.7. The SMILES string of the molecule is CCn1cc(NC(=O)Cn2ncc([N+](=O)[O-])c2C)c(C(=O)NCc2ccco2)n1. The van der Waals surface area contributed by atoms with Crippen molar-refractivity contribution in [3.05, 3.63) is 58.1 Å². The first kappa shape index (κ1) is 19.8. The molecule has 0 unspecified atom stereocenters. The summed E-state index contributed by atoms with van der Waals surface area (Å²) in [6.45, 7) is 3.77. The molecule has 2 N–H and O–H groups in total. The van der Waals surface area contributed by atoms with Gasteiger partial charge in [-0.2, -0.15) is 10.2 Å². The van der Waals surface area contributed by atoms with Crippen LogP contribution < -0.4 is 10.6 Å². The molecule has 3 aromatic rings. The molecule has 0 fully saturated rings. The average molecular weight is 401 g/mol. The molecule has 0 radical (unpaired) electrons. The van der Waals surface area contributed by atoms with E-state index in [9.17, 15) is 19.7 Å². The summed E-state index contributed by atoms with van der Waals surface area (Å²) < 4.78 is 7.90. The Bertz CT molecular complexity index is 1030. The van der Waals surface area contributed by atoms with Gasteiger partial charge in [-0.25, -0.2) is 0 Å². The second kappa shape index (κ2) is 8.37. The van der Waals surface area contributed by atoms with Crippen molar-refractivity contribution in [3.8, 4) is 0 Å². The van der Waals surface area contributed by atoms with E-state index in [0.717, 1.165) is 6.20 Å². The van der Waals surface area contributed by atoms with Gasteiger partial charge in [-0.05, 0) is 26.0 Å². The van der Waals surface area contributed by atoms with Crippen LogP contribution in [-0.2, 0) is 24.4 Å². The van der Waals surface area contributed by atoms with Crippen LogP contribution in [0.5, 0.6) is 0 Å². The highest BCUT2D eigenvalue weighted by Gasteiger charge is 2.21. The number of carbonyl (C=O) groups excluding carboxylic acids is 2. The van der Waals surface area contributed by atoms with E-state index in [0.29, 0.717) is 12.3 Å². The first-order valence-electron chi connectivity index (χ1n) is 8.73. The summed E-state index contributed by atoms with van der Waals surface area (Å²) in [4.78, 5) is 35.2. The summed E-state index contributed by atoms with van der Waals surface area (Å²) >= 11 is 0. The quantitative estimate of drug-likeness (QED) is 0.428. The Labute approximate surface area is 164 Å². The van der Waals surface area contributed by atoms with Gasteiger partial charge in [-0.1, -0.05) is 0 Å². The minimum atomic E-state index is -0.566. The van der Waals surface area contributed by atoms with Gasteiger partial charge >= 0.3 is 5.69 Å². The number of aromatic nitrogens is 4. The van der Waals surface area contributed by atoms with Crippen LogP contribution in [0.3, 0.4) is 0 Å². The van der Waals surface area contributed by atoms with Gasteiger partial charge in [-0.3, -0.25) is 29.1 Å². The fourth-order valence-corrected chi connectivity index (χ4v) is 2.61. The van der Waals surface area contributed by atoms with E-state index in [1.165, 1.54) is 28.7 Å². The van der Waals surface area contributed by atoms with Crippen molar-refractivity contribution in [2.75, 3.05) is 5.32 Å². The average Bonchev–Trinajstić information content (AvgIpc) is 3.41. The maximum absolute atomic E-state index is 12.5. The molecule has 12 heteroatoms. The van der Waals surface area contributed by atoms with Crippen LogP contribution in [0.25, 0.3) is 0 Å². The summed E-state index contributed by atoms with van der Waals surface area (Å²) in [5.74, 6) is -0.397. The zero-order valence-corrected chi connectivity index (χ0v) is 15.8. The lowest BCUT2D eigenvalue weighted by Crippen LogP contribution is -2.26. The van der Waals surface area contributed by atoms with Gasteiger partial charge in [0, 0.05) is 12.7 Å². The van der Waals surface area contributed by atoms with Crippen LogP contribution in [-0.4, -0.2) is 36.3 Å². The van der Waals surface area contributed by atoms with E-state index in [-0.39, 0.29) is 35.9 Å². The van der Waals surface area contributed by atoms with Crippen LogP contribution >= 0.6 is 0 Å². The van der Waals surface area contributed by atoms with Gasteiger partial charge < -0.3 is 15.1 Å². The number of anilines is 1. The predicted molar refractivity (Wildman–Crippen MR) is 100 cm³/mol. The third-order valence-corrected chi connectivity index (χ3v) is 4.15. The highest BCUT2D eigenvalue weighted by Crippen LogP contribution is 2.17. The van der Waals surface area contributed by atoms with Crippen LogP contribution in [0.2, 0.25) is 0 Å². The van der Waals surface area contributed by atoms with Gasteiger partial charge in [0.2, 0.25) is 5.91 Å². The molecule has 0 atom stereocenters. The third kappa shape index (κ3) is 4.48. The van der Waals surface area contributed by atoms with E-state index >= 15 is 0 Å². The Morgan fingerprint density at radius 1 is 1.38 bits per heavy atom. The van der Waals surface area contributed by atoms with Gasteiger partial charge in [0.25, 0.3) is 5.91 Å². The molecule has 0 spiro atoms. The van der Waals surface area contributed by atoms with E-state index in [4.69, 9.17) is 4.42 Å². The molecule has 0 aliphatic carbocycles. The molecule has 0 aliphatic rings. The number of rotatable bonds is 8. The van der Waals surface area contributed by atoms with Crippen molar-refractivity contribution in [2.24, 2.45) is 0 Å². The van der Waals surface area contributed by atoms with Gasteiger partial charge in [0.1, 0.15) is 24.2 Å². The largest absolute Gasteiger partial charge is 0.467 e. The van der Waals surface area contributed by atoms with E-state index in [1.54, 1.807) is 12.1 Å². The van der Waals surface area contributed by atoms with Gasteiger partial charge in [0.05, 0.1) is 23.4 Å². The number of furan rings is 1. The molecule has 2 amide bonds.